The topological polar surface area (TPSA) is 57.4 Å². The first-order valence-electron chi connectivity index (χ1n) is 14.3. The van der Waals surface area contributed by atoms with Gasteiger partial charge in [-0.3, -0.25) is 4.90 Å². The lowest BCUT2D eigenvalue weighted by molar-refractivity contribution is -0.476. The number of hydrogen-bond acceptors (Lipinski definition) is 6. The van der Waals surface area contributed by atoms with Gasteiger partial charge in [0.15, 0.2) is 11.6 Å². The number of nitrogens with zero attached hydrogens (tertiary/aromatic N) is 4. The number of unbranched alkanes of at least 4 members (excludes halogenated alkanes) is 2. The van der Waals surface area contributed by atoms with Gasteiger partial charge < -0.3 is 14.4 Å². The lowest BCUT2D eigenvalue weighted by atomic mass is 9.75. The van der Waals surface area contributed by atoms with Gasteiger partial charge in [-0.05, 0) is 66.6 Å². The maximum Gasteiger partial charge on any atom is 0.434 e. The highest BCUT2D eigenvalue weighted by Crippen LogP contribution is 2.56. The molecule has 7 heteroatoms. The van der Waals surface area contributed by atoms with Gasteiger partial charge in [-0.1, -0.05) is 55.9 Å². The van der Waals surface area contributed by atoms with E-state index in [1.54, 1.807) is 0 Å². The molecule has 0 radical (unpaired) electrons. The first-order chi connectivity index (χ1) is 18.5. The number of ether oxygens (including phenoxy) is 2. The second-order valence-electron chi connectivity index (χ2n) is 10.4. The fourth-order valence-corrected chi connectivity index (χ4v) is 6.03. The number of fused-ring (bicyclic) bond motifs is 5. The Kier molecular flexibility index (Phi) is 7.57. The summed E-state index contributed by atoms with van der Waals surface area (Å²) in [6.45, 7) is 14.5. The molecule has 3 aliphatic rings. The average molecular weight is 518 g/mol. The zero-order valence-corrected chi connectivity index (χ0v) is 23.5. The molecule has 0 bridgehead atoms. The van der Waals surface area contributed by atoms with Crippen LogP contribution in [0.3, 0.4) is 0 Å². The van der Waals surface area contributed by atoms with Crippen molar-refractivity contribution < 1.29 is 14.2 Å². The molecule has 2 aromatic carbocycles. The Bertz CT molecular complexity index is 1260. The molecule has 0 amide bonds. The SMILES string of the molecule is CCCCN(CCCC)C1=NC2=C(C(C)[N+]1=O)C1(OCc3ccccc31)c1ccc(N(CC)CC)cc1O2. The Morgan fingerprint density at radius 3 is 2.37 bits per heavy atom. The predicted octanol–water partition coefficient (Wildman–Crippen LogP) is 6.35. The largest absolute Gasteiger partial charge is 0.434 e. The van der Waals surface area contributed by atoms with Crippen molar-refractivity contribution >= 4 is 11.6 Å². The van der Waals surface area contributed by atoms with E-state index in [-0.39, 0.29) is 0 Å². The smallest absolute Gasteiger partial charge is 0.426 e. The summed E-state index contributed by atoms with van der Waals surface area (Å²) in [6, 6.07) is 14.2. The third kappa shape index (κ3) is 4.21. The number of hydrogen-bond donors (Lipinski definition) is 0. The van der Waals surface area contributed by atoms with Crippen molar-refractivity contribution in [3.63, 3.8) is 0 Å². The Morgan fingerprint density at radius 1 is 0.974 bits per heavy atom. The highest BCUT2D eigenvalue weighted by molar-refractivity contribution is 5.76. The van der Waals surface area contributed by atoms with Crippen molar-refractivity contribution in [1.29, 1.82) is 0 Å². The van der Waals surface area contributed by atoms with Crippen LogP contribution in [0, 0.1) is 4.91 Å². The van der Waals surface area contributed by atoms with Crippen molar-refractivity contribution in [2.45, 2.75) is 78.6 Å². The van der Waals surface area contributed by atoms with Crippen molar-refractivity contribution in [2.24, 2.45) is 4.99 Å². The van der Waals surface area contributed by atoms with E-state index >= 15 is 0 Å². The zero-order chi connectivity index (χ0) is 26.9. The lowest BCUT2D eigenvalue weighted by Crippen LogP contribution is -2.50. The normalized spacial score (nSPS) is 21.6. The Hall–Kier alpha value is -3.19. The third-order valence-corrected chi connectivity index (χ3v) is 8.14. The minimum atomic E-state index is -0.907. The first kappa shape index (κ1) is 26.4. The summed E-state index contributed by atoms with van der Waals surface area (Å²) in [4.78, 5) is 23.3. The quantitative estimate of drug-likeness (QED) is 0.363. The van der Waals surface area contributed by atoms with Gasteiger partial charge in [0.25, 0.3) is 0 Å². The number of nitroso groups, excluding NO2 is 1. The lowest BCUT2D eigenvalue weighted by Gasteiger charge is -2.40. The molecule has 3 aliphatic heterocycles. The van der Waals surface area contributed by atoms with E-state index in [0.29, 0.717) is 18.4 Å². The van der Waals surface area contributed by atoms with Crippen molar-refractivity contribution in [1.82, 2.24) is 4.90 Å². The van der Waals surface area contributed by atoms with Gasteiger partial charge in [0.05, 0.1) is 25.3 Å². The molecule has 2 unspecified atom stereocenters. The van der Waals surface area contributed by atoms with Crippen LogP contribution in [0.4, 0.5) is 5.69 Å². The summed E-state index contributed by atoms with van der Waals surface area (Å²) in [5, 5.41) is 0. The Labute approximate surface area is 226 Å². The number of benzene rings is 2. The van der Waals surface area contributed by atoms with Crippen LogP contribution in [-0.2, 0) is 16.9 Å². The van der Waals surface area contributed by atoms with E-state index in [1.807, 2.05) is 19.1 Å². The molecule has 202 valence electrons. The molecule has 0 fully saturated rings. The van der Waals surface area contributed by atoms with E-state index in [2.05, 4.69) is 67.8 Å². The minimum Gasteiger partial charge on any atom is -0.426 e. The summed E-state index contributed by atoms with van der Waals surface area (Å²) in [7, 11) is 0. The molecule has 0 N–H and O–H groups in total. The highest BCUT2D eigenvalue weighted by atomic mass is 16.5. The molecule has 0 saturated carbocycles. The maximum absolute atomic E-state index is 13.9. The van der Waals surface area contributed by atoms with E-state index in [1.165, 1.54) is 0 Å². The molecule has 2 atom stereocenters. The van der Waals surface area contributed by atoms with Crippen LogP contribution >= 0.6 is 0 Å². The molecule has 7 nitrogen and oxygen atoms in total. The van der Waals surface area contributed by atoms with E-state index in [0.717, 1.165) is 90.3 Å². The van der Waals surface area contributed by atoms with Crippen LogP contribution in [0.2, 0.25) is 0 Å². The highest BCUT2D eigenvalue weighted by Gasteiger charge is 2.58. The summed E-state index contributed by atoms with van der Waals surface area (Å²) < 4.78 is 14.4. The van der Waals surface area contributed by atoms with Gasteiger partial charge in [-0.15, -0.1) is 0 Å². The number of aliphatic imine (C=N–C) groups is 1. The summed E-state index contributed by atoms with van der Waals surface area (Å²) in [6.07, 6.45) is 4.14. The van der Waals surface area contributed by atoms with Gasteiger partial charge in [-0.25, -0.2) is 0 Å². The van der Waals surface area contributed by atoms with Crippen molar-refractivity contribution in [3.8, 4) is 5.75 Å². The van der Waals surface area contributed by atoms with Crippen LogP contribution in [0.25, 0.3) is 0 Å². The third-order valence-electron chi connectivity index (χ3n) is 8.14. The van der Waals surface area contributed by atoms with Crippen molar-refractivity contribution in [2.75, 3.05) is 31.1 Å². The molecule has 0 saturated heterocycles. The van der Waals surface area contributed by atoms with E-state index in [9.17, 15) is 4.91 Å². The Balaban J connectivity index is 1.70. The summed E-state index contributed by atoms with van der Waals surface area (Å²) in [5.74, 6) is 1.69. The average Bonchev–Trinajstić information content (AvgIpc) is 3.31. The van der Waals surface area contributed by atoms with Gasteiger partial charge in [0.1, 0.15) is 5.75 Å². The molecule has 2 aromatic rings. The number of guanidine groups is 1. The van der Waals surface area contributed by atoms with E-state index in [4.69, 9.17) is 14.5 Å². The van der Waals surface area contributed by atoms with Gasteiger partial charge in [0.2, 0.25) is 0 Å². The summed E-state index contributed by atoms with van der Waals surface area (Å²) >= 11 is 0. The molecule has 38 heavy (non-hydrogen) atoms. The molecule has 0 aromatic heterocycles. The van der Waals surface area contributed by atoms with Gasteiger partial charge in [0, 0.05) is 30.4 Å². The fourth-order valence-electron chi connectivity index (χ4n) is 6.03. The molecule has 1 spiro atoms. The van der Waals surface area contributed by atoms with Crippen molar-refractivity contribution in [3.05, 3.63) is 75.5 Å². The number of anilines is 1. The molecule has 0 aliphatic carbocycles. The fraction of sp³-hybridized carbons (Fsp3) is 0.516. The zero-order valence-electron chi connectivity index (χ0n) is 23.5. The summed E-state index contributed by atoms with van der Waals surface area (Å²) in [5.41, 5.74) is 4.12. The maximum atomic E-state index is 13.9. The molecular formula is C31H41N4O3+. The standard InChI is InChI=1S/C31H41N4O3/c1-6-10-18-34(19-11-7-2)30-32-29-28(22(5)35(30)36)31(25-15-13-12-14-23(25)21-37-31)26-17-16-24(20-27(26)38-29)33(8-3)9-4/h12-17,20,22H,6-11,18-19,21H2,1-5H3/q+1. The van der Waals surface area contributed by atoms with Crippen LogP contribution in [-0.4, -0.2) is 47.8 Å². The van der Waals surface area contributed by atoms with Crippen LogP contribution < -0.4 is 9.64 Å². The Morgan fingerprint density at radius 2 is 1.68 bits per heavy atom. The molecule has 3 heterocycles. The van der Waals surface area contributed by atoms with Crippen LogP contribution in [0.1, 0.15) is 77.0 Å². The second kappa shape index (κ2) is 10.9. The van der Waals surface area contributed by atoms with Gasteiger partial charge in [-0.2, -0.15) is 0 Å². The molecular weight excluding hydrogens is 476 g/mol. The minimum absolute atomic E-state index is 0.447. The van der Waals surface area contributed by atoms with Crippen LogP contribution in [0.15, 0.2) is 58.9 Å². The molecule has 5 rings (SSSR count). The second-order valence-corrected chi connectivity index (χ2v) is 10.4. The van der Waals surface area contributed by atoms with Gasteiger partial charge >= 0.3 is 11.8 Å². The van der Waals surface area contributed by atoms with Crippen LogP contribution in [0.5, 0.6) is 5.75 Å². The number of rotatable bonds is 9. The predicted molar refractivity (Wildman–Crippen MR) is 152 cm³/mol. The van der Waals surface area contributed by atoms with E-state index < -0.39 is 11.6 Å². The first-order valence-corrected chi connectivity index (χ1v) is 14.3. The monoisotopic (exact) mass is 517 g/mol.